The maximum atomic E-state index is 13.9. The third kappa shape index (κ3) is 21.1. The largest absolute Gasteiger partial charge is 0.490 e. The number of carbonyl (C=O) groups excluding carboxylic acids is 3. The molecule has 22 heteroatoms. The first kappa shape index (κ1) is 77.1. The van der Waals surface area contributed by atoms with Crippen LogP contribution in [-0.4, -0.2) is 140 Å². The van der Waals surface area contributed by atoms with E-state index >= 15 is 0 Å². The van der Waals surface area contributed by atoms with Crippen LogP contribution >= 0.6 is 15.9 Å². The molecule has 5 aliphatic heterocycles. The Labute approximate surface area is 602 Å². The monoisotopic (exact) mass is 1450 g/mol. The summed E-state index contributed by atoms with van der Waals surface area (Å²) < 4.78 is 90.1. The van der Waals surface area contributed by atoms with Crippen LogP contribution in [-0.2, 0) is 23.5 Å². The number of hydrogen-bond acceptors (Lipinski definition) is 13. The first-order valence-corrected chi connectivity index (χ1v) is 35.4. The highest BCUT2D eigenvalue weighted by Gasteiger charge is 2.52. The molecule has 8 aromatic rings. The lowest BCUT2D eigenvalue weighted by atomic mass is 9.75. The van der Waals surface area contributed by atoms with Crippen LogP contribution in [0.5, 0.6) is 0 Å². The van der Waals surface area contributed by atoms with Crippen molar-refractivity contribution in [2.75, 3.05) is 52.4 Å². The second kappa shape index (κ2) is 34.3. The molecular formula is C79H98BBrF4N8O8. The van der Waals surface area contributed by atoms with E-state index in [4.69, 9.17) is 24.9 Å². The number of hydrogen-bond donors (Lipinski definition) is 1. The van der Waals surface area contributed by atoms with Crippen LogP contribution < -0.4 is 5.32 Å². The highest BCUT2D eigenvalue weighted by molar-refractivity contribution is 9.10. The number of nitrogens with one attached hydrogen (secondary N) is 1. The number of aromatic nitrogens is 4. The molecule has 3 saturated heterocycles. The lowest BCUT2D eigenvalue weighted by Gasteiger charge is -2.34. The number of ether oxygens (including phenoxy) is 3. The number of pyridine rings is 4. The fourth-order valence-corrected chi connectivity index (χ4v) is 12.7. The molecule has 13 rings (SSSR count). The number of fused-ring (bicyclic) bond motifs is 4. The summed E-state index contributed by atoms with van der Waals surface area (Å²) in [5.74, 6) is -0.0651. The second-order valence-corrected chi connectivity index (χ2v) is 30.2. The Morgan fingerprint density at radius 2 is 0.891 bits per heavy atom. The van der Waals surface area contributed by atoms with E-state index in [0.717, 1.165) is 93.4 Å². The Morgan fingerprint density at radius 1 is 0.515 bits per heavy atom. The van der Waals surface area contributed by atoms with Gasteiger partial charge in [-0.1, -0.05) is 60.1 Å². The number of likely N-dealkylation sites (tertiary alicyclic amines) is 1. The van der Waals surface area contributed by atoms with E-state index < -0.39 is 16.8 Å². The number of amides is 3. The number of benzene rings is 4. The molecule has 101 heavy (non-hydrogen) atoms. The average molecular weight is 1460 g/mol. The van der Waals surface area contributed by atoms with Gasteiger partial charge in [-0.2, -0.15) is 0 Å². The first-order valence-electron chi connectivity index (χ1n) is 35.3. The van der Waals surface area contributed by atoms with E-state index in [0.29, 0.717) is 86.0 Å². The molecule has 0 aliphatic carbocycles. The van der Waals surface area contributed by atoms with Gasteiger partial charge in [-0.3, -0.25) is 19.9 Å². The van der Waals surface area contributed by atoms with Crippen LogP contribution in [0, 0.1) is 23.3 Å². The van der Waals surface area contributed by atoms with E-state index in [9.17, 15) is 31.9 Å². The normalized spacial score (nSPS) is 17.2. The summed E-state index contributed by atoms with van der Waals surface area (Å²) in [6.07, 6.45) is 21.6. The predicted molar refractivity (Wildman–Crippen MR) is 397 cm³/mol. The lowest BCUT2D eigenvalue weighted by Crippen LogP contribution is -2.41. The van der Waals surface area contributed by atoms with E-state index in [2.05, 4.69) is 41.2 Å². The topological polar surface area (TPSA) is 171 Å². The highest BCUT2D eigenvalue weighted by Crippen LogP contribution is 2.41. The van der Waals surface area contributed by atoms with Gasteiger partial charge in [-0.25, -0.2) is 31.9 Å². The zero-order valence-electron chi connectivity index (χ0n) is 61.8. The highest BCUT2D eigenvalue weighted by atomic mass is 79.9. The molecule has 4 aromatic carbocycles. The van der Waals surface area contributed by atoms with Crippen LogP contribution in [0.2, 0.25) is 0 Å². The Bertz CT molecular complexity index is 4210. The molecule has 1 N–H and O–H groups in total. The van der Waals surface area contributed by atoms with E-state index in [1.807, 2.05) is 132 Å². The fraction of sp³-hybridized carbons (Fsp3) is 0.456. The van der Waals surface area contributed by atoms with Gasteiger partial charge in [0.1, 0.15) is 40.1 Å². The van der Waals surface area contributed by atoms with Gasteiger partial charge >= 0.3 is 25.4 Å². The van der Waals surface area contributed by atoms with Crippen molar-refractivity contribution >= 4 is 90.0 Å². The molecule has 0 bridgehead atoms. The average Bonchev–Trinajstić information content (AvgIpc) is 1.48. The van der Waals surface area contributed by atoms with Crippen molar-refractivity contribution in [3.8, 4) is 0 Å². The third-order valence-electron chi connectivity index (χ3n) is 18.1. The molecule has 16 nitrogen and oxygen atoms in total. The summed E-state index contributed by atoms with van der Waals surface area (Å²) >= 11 is 3.34. The van der Waals surface area contributed by atoms with Gasteiger partial charge < -0.3 is 43.5 Å². The minimum absolute atomic E-state index is 0.175. The number of halogens is 5. The Balaban J connectivity index is 0.000000163. The van der Waals surface area contributed by atoms with E-state index in [-0.39, 0.29) is 59.9 Å². The Kier molecular flexibility index (Phi) is 26.2. The summed E-state index contributed by atoms with van der Waals surface area (Å²) in [6.45, 7) is 32.9. The fourth-order valence-electron chi connectivity index (χ4n) is 12.2. The SMILES string of the molecule is CC(C)(C)OC(=O)N1CC=C(B2OC(C)(C)C(C)(C)O2)CC1.CC(C)(C)OC(=O)N1CC=C(c2ccc(F)c3cnccc23)CC1.CC(C)(C)OC(=O)N1CCC(c2ccc(F)c3cnccc23)CC1.Fc1ccc(Br)c2ccncc12.Fc1ccc(C2CCNCC2)c2ccncc12.[2H]CC. The van der Waals surface area contributed by atoms with Crippen LogP contribution in [0.1, 0.15) is 172 Å². The molecular weight excluding hydrogens is 1360 g/mol. The summed E-state index contributed by atoms with van der Waals surface area (Å²) in [7, 11) is -0.314. The number of nitrogens with zero attached hydrogens (tertiary/aromatic N) is 7. The van der Waals surface area contributed by atoms with Gasteiger partial charge in [-0.05, 0) is 252 Å². The summed E-state index contributed by atoms with van der Waals surface area (Å²) in [6, 6.07) is 20.7. The van der Waals surface area contributed by atoms with Crippen LogP contribution in [0.4, 0.5) is 31.9 Å². The lowest BCUT2D eigenvalue weighted by molar-refractivity contribution is 0.00578. The molecule has 0 saturated carbocycles. The van der Waals surface area contributed by atoms with Gasteiger partial charge in [0.05, 0.1) is 11.2 Å². The van der Waals surface area contributed by atoms with Gasteiger partial charge in [0.25, 0.3) is 0 Å². The zero-order chi connectivity index (χ0) is 74.3. The van der Waals surface area contributed by atoms with Gasteiger partial charge in [-0.15, -0.1) is 0 Å². The van der Waals surface area contributed by atoms with Crippen molar-refractivity contribution in [2.24, 2.45) is 0 Å². The molecule has 4 aromatic heterocycles. The standard InChI is InChI=1S/C19H23FN2O2.C19H21FN2O2.C16H28BNO4.C14H15FN2.C9H5BrFN.C2H6/c2*1-19(2,3)24-18(23)22-10-7-13(8-11-22)14-4-5-17(20)16-12-21-9-6-15(14)16;1-14(2,3)20-13(19)18-10-8-12(9-11-18)17-21-15(4,5)16(6,7)22-17;15-14-2-1-11(10-3-6-16-7-4-10)12-5-8-17-9-13(12)14;10-8-1-2-9(11)7-5-12-4-3-6(7)8;1-2/h4-6,9,12-13H,7-8,10-11H2,1-3H3;4-7,9,12H,8,10-11H2,1-3H3;8H,9-11H2,1-7H3;1-2,5,8-10,16H,3-4,6-7H2;1-5H;1-2H3/i;;;;;1D. The van der Waals surface area contributed by atoms with Crippen molar-refractivity contribution in [1.82, 2.24) is 40.0 Å². The van der Waals surface area contributed by atoms with Crippen LogP contribution in [0.3, 0.4) is 0 Å². The number of carbonyl (C=O) groups is 3. The third-order valence-corrected chi connectivity index (χ3v) is 18.8. The Morgan fingerprint density at radius 3 is 1.31 bits per heavy atom. The summed E-state index contributed by atoms with van der Waals surface area (Å²) in [5.41, 5.74) is 3.52. The van der Waals surface area contributed by atoms with Crippen molar-refractivity contribution < 1.29 is 56.8 Å². The van der Waals surface area contributed by atoms with Gasteiger partial charge in [0, 0.05) is 122 Å². The minimum Gasteiger partial charge on any atom is -0.444 e. The molecule has 0 atom stereocenters. The van der Waals surface area contributed by atoms with Crippen molar-refractivity contribution in [1.29, 1.82) is 0 Å². The number of rotatable bonds is 4. The minimum atomic E-state index is -0.499. The predicted octanol–water partition coefficient (Wildman–Crippen LogP) is 19.1. The number of piperidine rings is 2. The maximum absolute atomic E-state index is 13.9. The van der Waals surface area contributed by atoms with Crippen LogP contribution in [0.25, 0.3) is 48.7 Å². The molecule has 540 valence electrons. The quantitative estimate of drug-likeness (QED) is 0.100. The van der Waals surface area contributed by atoms with Crippen LogP contribution in [0.15, 0.2) is 144 Å². The second-order valence-electron chi connectivity index (χ2n) is 29.3. The Hall–Kier alpha value is -8.05. The molecule has 3 fully saturated rings. The molecule has 5 aliphatic rings. The molecule has 0 unspecified atom stereocenters. The molecule has 0 spiro atoms. The van der Waals surface area contributed by atoms with Crippen molar-refractivity contribution in [3.63, 3.8) is 0 Å². The molecule has 0 radical (unpaired) electrons. The van der Waals surface area contributed by atoms with E-state index in [1.54, 1.807) is 89.3 Å². The summed E-state index contributed by atoms with van der Waals surface area (Å²) in [5, 5.41) is 9.26. The van der Waals surface area contributed by atoms with E-state index in [1.165, 1.54) is 30.0 Å². The molecule has 3 amide bonds. The maximum Gasteiger partial charge on any atom is 0.490 e. The van der Waals surface area contributed by atoms with Crippen molar-refractivity contribution in [3.05, 3.63) is 184 Å². The first-order chi connectivity index (χ1) is 48.2. The zero-order valence-corrected chi connectivity index (χ0v) is 62.4. The molecule has 9 heterocycles. The van der Waals surface area contributed by atoms with Gasteiger partial charge in [0.2, 0.25) is 0 Å². The summed E-state index contributed by atoms with van der Waals surface area (Å²) in [4.78, 5) is 57.4. The van der Waals surface area contributed by atoms with Gasteiger partial charge in [0.15, 0.2) is 0 Å². The van der Waals surface area contributed by atoms with Crippen molar-refractivity contribution in [2.45, 2.75) is 182 Å². The smallest absolute Gasteiger partial charge is 0.444 e.